The first-order valence-corrected chi connectivity index (χ1v) is 12.6. The van der Waals surface area contributed by atoms with E-state index >= 15 is 0 Å². The fraction of sp³-hybridized carbons (Fsp3) is 0.619. The summed E-state index contributed by atoms with van der Waals surface area (Å²) in [6, 6.07) is 1.83. The molecule has 1 amide bonds. The van der Waals surface area contributed by atoms with Gasteiger partial charge in [-0.1, -0.05) is 0 Å². The molecule has 2 fully saturated rings. The molecule has 2 aromatic heterocycles. The summed E-state index contributed by atoms with van der Waals surface area (Å²) in [6.07, 6.45) is 4.72. The van der Waals surface area contributed by atoms with Gasteiger partial charge in [0.25, 0.3) is 5.56 Å². The van der Waals surface area contributed by atoms with Crippen LogP contribution in [0.4, 0.5) is 5.82 Å². The van der Waals surface area contributed by atoms with Crippen molar-refractivity contribution < 1.29 is 24.1 Å². The molecule has 11 nitrogen and oxygen atoms in total. The summed E-state index contributed by atoms with van der Waals surface area (Å²) in [5, 5.41) is 5.16. The van der Waals surface area contributed by atoms with Gasteiger partial charge in [0.05, 0.1) is 26.5 Å². The zero-order valence-electron chi connectivity index (χ0n) is 18.7. The van der Waals surface area contributed by atoms with Gasteiger partial charge in [-0.25, -0.2) is 4.68 Å². The topological polar surface area (TPSA) is 130 Å². The molecule has 0 radical (unpaired) electrons. The normalized spacial score (nSPS) is 17.7. The van der Waals surface area contributed by atoms with Crippen molar-refractivity contribution in [2.75, 3.05) is 57.6 Å². The molecule has 0 aromatic carbocycles. The van der Waals surface area contributed by atoms with Crippen LogP contribution in [0, 0.1) is 5.92 Å². The molecule has 0 spiro atoms. The molecule has 12 heteroatoms. The lowest BCUT2D eigenvalue weighted by Gasteiger charge is -2.33. The van der Waals surface area contributed by atoms with E-state index in [4.69, 9.17) is 19.3 Å². The number of ether oxygens (including phenoxy) is 2. The summed E-state index contributed by atoms with van der Waals surface area (Å²) >= 11 is 0. The number of carbonyl (C=O) groups excluding carboxylic acids is 1. The van der Waals surface area contributed by atoms with Crippen molar-refractivity contribution in [2.45, 2.75) is 25.8 Å². The molecule has 0 unspecified atom stereocenters. The molecule has 4 heterocycles. The van der Waals surface area contributed by atoms with E-state index in [2.05, 4.69) is 15.0 Å². The Kier molecular flexibility index (Phi) is 7.75. The molecule has 2 aromatic rings. The lowest BCUT2D eigenvalue weighted by Crippen LogP contribution is -2.43. The van der Waals surface area contributed by atoms with Crippen LogP contribution in [0.25, 0.3) is 10.8 Å². The average Bonchev–Trinajstić information content (AvgIpc) is 2.84. The quantitative estimate of drug-likeness (QED) is 0.547. The summed E-state index contributed by atoms with van der Waals surface area (Å²) in [6.45, 7) is 3.44. The number of carbonyl (C=O) groups is 1. The molecular weight excluding hydrogens is 449 g/mol. The van der Waals surface area contributed by atoms with E-state index in [1.807, 2.05) is 6.07 Å². The third-order valence-corrected chi connectivity index (χ3v) is 6.96. The SMILES string of the molecule is COc1nc(N2CCC(CCP(O)O)CC2)cc2cnn(CC(=O)N3CCOCC3)c(=O)c12. The molecule has 0 saturated carbocycles. The molecular formula is C21H30N5O6P. The molecule has 2 aliphatic heterocycles. The molecule has 0 atom stereocenters. The predicted molar refractivity (Wildman–Crippen MR) is 124 cm³/mol. The molecule has 180 valence electrons. The van der Waals surface area contributed by atoms with Gasteiger partial charge in [-0.3, -0.25) is 9.59 Å². The van der Waals surface area contributed by atoms with Crippen molar-refractivity contribution in [3.8, 4) is 5.88 Å². The van der Waals surface area contributed by atoms with E-state index in [1.54, 1.807) is 11.1 Å². The summed E-state index contributed by atoms with van der Waals surface area (Å²) in [5.74, 6) is 1.22. The number of methoxy groups -OCH3 is 1. The van der Waals surface area contributed by atoms with E-state index in [9.17, 15) is 9.59 Å². The minimum absolute atomic E-state index is 0.142. The van der Waals surface area contributed by atoms with Gasteiger partial charge in [0.15, 0.2) is 8.38 Å². The van der Waals surface area contributed by atoms with Crippen LogP contribution in [0.2, 0.25) is 0 Å². The highest BCUT2D eigenvalue weighted by atomic mass is 31.2. The summed E-state index contributed by atoms with van der Waals surface area (Å²) in [4.78, 5) is 52.4. The van der Waals surface area contributed by atoms with Crippen molar-refractivity contribution in [3.63, 3.8) is 0 Å². The maximum absolute atomic E-state index is 13.1. The van der Waals surface area contributed by atoms with Crippen molar-refractivity contribution in [1.82, 2.24) is 19.7 Å². The van der Waals surface area contributed by atoms with Crippen LogP contribution >= 0.6 is 8.38 Å². The van der Waals surface area contributed by atoms with E-state index in [-0.39, 0.29) is 18.3 Å². The Labute approximate surface area is 192 Å². The van der Waals surface area contributed by atoms with Crippen LogP contribution in [0.3, 0.4) is 0 Å². The van der Waals surface area contributed by atoms with Crippen molar-refractivity contribution >= 4 is 30.9 Å². The average molecular weight is 479 g/mol. The first-order chi connectivity index (χ1) is 16.0. The third-order valence-electron chi connectivity index (χ3n) is 6.31. The molecule has 2 N–H and O–H groups in total. The number of morpholine rings is 1. The Morgan fingerprint density at radius 2 is 1.97 bits per heavy atom. The van der Waals surface area contributed by atoms with Crippen LogP contribution in [-0.4, -0.2) is 88.0 Å². The highest BCUT2D eigenvalue weighted by molar-refractivity contribution is 7.45. The second-order valence-electron chi connectivity index (χ2n) is 8.37. The van der Waals surface area contributed by atoms with Gasteiger partial charge in [0.2, 0.25) is 11.8 Å². The molecule has 2 aliphatic rings. The van der Waals surface area contributed by atoms with Crippen LogP contribution in [0.1, 0.15) is 19.3 Å². The van der Waals surface area contributed by atoms with Gasteiger partial charge in [-0.05, 0) is 31.2 Å². The van der Waals surface area contributed by atoms with Crippen LogP contribution in [0.15, 0.2) is 17.1 Å². The maximum Gasteiger partial charge on any atom is 0.280 e. The molecule has 4 rings (SSSR count). The number of pyridine rings is 1. The molecule has 0 aliphatic carbocycles. The van der Waals surface area contributed by atoms with Crippen molar-refractivity contribution in [3.05, 3.63) is 22.6 Å². The zero-order valence-corrected chi connectivity index (χ0v) is 19.6. The summed E-state index contributed by atoms with van der Waals surface area (Å²) in [7, 11) is -0.358. The first-order valence-electron chi connectivity index (χ1n) is 11.2. The minimum Gasteiger partial charge on any atom is -0.480 e. The Hall–Kier alpha value is -2.33. The predicted octanol–water partition coefficient (Wildman–Crippen LogP) is 0.562. The van der Waals surface area contributed by atoms with E-state index < -0.39 is 13.9 Å². The van der Waals surface area contributed by atoms with Gasteiger partial charge in [-0.2, -0.15) is 10.1 Å². The second kappa shape index (κ2) is 10.7. The fourth-order valence-corrected chi connectivity index (χ4v) is 4.97. The fourth-order valence-electron chi connectivity index (χ4n) is 4.37. The van der Waals surface area contributed by atoms with E-state index in [0.717, 1.165) is 37.0 Å². The maximum atomic E-state index is 13.1. The number of anilines is 1. The Balaban J connectivity index is 1.52. The number of piperidine rings is 1. The van der Waals surface area contributed by atoms with Gasteiger partial charge in [0, 0.05) is 37.7 Å². The number of nitrogens with zero attached hydrogens (tertiary/aromatic N) is 5. The zero-order chi connectivity index (χ0) is 23.4. The Morgan fingerprint density at radius 1 is 1.24 bits per heavy atom. The molecule has 2 saturated heterocycles. The Bertz CT molecular complexity index is 1030. The lowest BCUT2D eigenvalue weighted by atomic mass is 9.94. The summed E-state index contributed by atoms with van der Waals surface area (Å²) in [5.41, 5.74) is -0.409. The van der Waals surface area contributed by atoms with Crippen molar-refractivity contribution in [2.24, 2.45) is 5.92 Å². The standard InChI is InChI=1S/C21H30N5O6P/c1-31-20-19-16(12-17(23-20)24-5-2-15(3-6-24)4-11-33(29)30)13-22-26(21(19)28)14-18(27)25-7-9-32-10-8-25/h12-13,15,29-30H,2-11,14H2,1H3. The second-order valence-corrected chi connectivity index (χ2v) is 9.56. The van der Waals surface area contributed by atoms with Crippen molar-refractivity contribution in [1.29, 1.82) is 0 Å². The Morgan fingerprint density at radius 3 is 2.64 bits per heavy atom. The lowest BCUT2D eigenvalue weighted by molar-refractivity contribution is -0.136. The first kappa shape index (κ1) is 23.8. The number of aromatic nitrogens is 3. The third kappa shape index (κ3) is 5.60. The van der Waals surface area contributed by atoms with Gasteiger partial charge in [-0.15, -0.1) is 0 Å². The van der Waals surface area contributed by atoms with Crippen LogP contribution in [0.5, 0.6) is 5.88 Å². The summed E-state index contributed by atoms with van der Waals surface area (Å²) < 4.78 is 11.9. The number of rotatable bonds is 7. The highest BCUT2D eigenvalue weighted by Gasteiger charge is 2.24. The highest BCUT2D eigenvalue weighted by Crippen LogP contribution is 2.32. The van der Waals surface area contributed by atoms with Gasteiger partial charge in [0.1, 0.15) is 17.7 Å². The molecule has 0 bridgehead atoms. The van der Waals surface area contributed by atoms with Crippen LogP contribution in [-0.2, 0) is 16.1 Å². The number of hydrogen-bond acceptors (Lipinski definition) is 9. The minimum atomic E-state index is -1.83. The largest absolute Gasteiger partial charge is 0.480 e. The van der Waals surface area contributed by atoms with Gasteiger partial charge < -0.3 is 29.1 Å². The monoisotopic (exact) mass is 479 g/mol. The van der Waals surface area contributed by atoms with Gasteiger partial charge >= 0.3 is 0 Å². The van der Waals surface area contributed by atoms with E-state index in [0.29, 0.717) is 55.0 Å². The molecule has 33 heavy (non-hydrogen) atoms. The van der Waals surface area contributed by atoms with E-state index in [1.165, 1.54) is 7.11 Å². The number of amides is 1. The number of hydrogen-bond donors (Lipinski definition) is 2. The number of fused-ring (bicyclic) bond motifs is 1. The van der Waals surface area contributed by atoms with Crippen LogP contribution < -0.4 is 15.2 Å². The smallest absolute Gasteiger partial charge is 0.280 e.